The molecule has 1 aliphatic rings. The van der Waals surface area contributed by atoms with Crippen molar-refractivity contribution in [3.63, 3.8) is 0 Å². The Hall–Kier alpha value is -0.880. The number of aromatic nitrogens is 2. The average molecular weight is 261 g/mol. The Morgan fingerprint density at radius 3 is 3.00 bits per heavy atom. The first-order chi connectivity index (χ1) is 6.68. The van der Waals surface area contributed by atoms with Gasteiger partial charge in [0.25, 0.3) is 5.56 Å². The normalized spacial score (nSPS) is 21.4. The Bertz CT molecular complexity index is 398. The van der Waals surface area contributed by atoms with Gasteiger partial charge in [-0.2, -0.15) is 4.98 Å². The molecule has 5 nitrogen and oxygen atoms in total. The third-order valence-electron chi connectivity index (χ3n) is 2.18. The van der Waals surface area contributed by atoms with Gasteiger partial charge in [-0.1, -0.05) is 0 Å². The van der Waals surface area contributed by atoms with E-state index in [0.717, 1.165) is 6.42 Å². The number of aromatic hydroxyl groups is 1. The lowest BCUT2D eigenvalue weighted by Gasteiger charge is -2.06. The van der Waals surface area contributed by atoms with Gasteiger partial charge in [0.05, 0.1) is 6.61 Å². The fourth-order valence-electron chi connectivity index (χ4n) is 1.41. The number of ether oxygens (including phenoxy) is 1. The first kappa shape index (κ1) is 9.67. The van der Waals surface area contributed by atoms with Crippen LogP contribution in [0.3, 0.4) is 0 Å². The Morgan fingerprint density at radius 1 is 1.64 bits per heavy atom. The molecule has 76 valence electrons. The van der Waals surface area contributed by atoms with Crippen molar-refractivity contribution in [1.29, 1.82) is 0 Å². The minimum Gasteiger partial charge on any atom is -0.492 e. The van der Waals surface area contributed by atoms with E-state index in [1.54, 1.807) is 0 Å². The highest BCUT2D eigenvalue weighted by Crippen LogP contribution is 2.24. The highest BCUT2D eigenvalue weighted by molar-refractivity contribution is 9.10. The van der Waals surface area contributed by atoms with Crippen molar-refractivity contribution >= 4 is 15.9 Å². The maximum Gasteiger partial charge on any atom is 0.269 e. The molecule has 2 heterocycles. The molecule has 1 unspecified atom stereocenters. The van der Waals surface area contributed by atoms with E-state index < -0.39 is 0 Å². The van der Waals surface area contributed by atoms with E-state index in [1.165, 1.54) is 0 Å². The van der Waals surface area contributed by atoms with Gasteiger partial charge in [0, 0.05) is 12.5 Å². The summed E-state index contributed by atoms with van der Waals surface area (Å²) in [5.74, 6) is 0.311. The molecule has 1 atom stereocenters. The molecule has 0 amide bonds. The zero-order chi connectivity index (χ0) is 10.1. The molecule has 1 aliphatic heterocycles. The monoisotopic (exact) mass is 260 g/mol. The molecular weight excluding hydrogens is 252 g/mol. The molecule has 0 aliphatic carbocycles. The van der Waals surface area contributed by atoms with Crippen LogP contribution < -0.4 is 5.56 Å². The summed E-state index contributed by atoms with van der Waals surface area (Å²) >= 11 is 2.93. The summed E-state index contributed by atoms with van der Waals surface area (Å²) in [7, 11) is 0. The van der Waals surface area contributed by atoms with Gasteiger partial charge in [-0.05, 0) is 22.4 Å². The average Bonchev–Trinajstić information content (AvgIpc) is 2.66. The van der Waals surface area contributed by atoms with E-state index in [4.69, 9.17) is 4.74 Å². The smallest absolute Gasteiger partial charge is 0.269 e. The summed E-state index contributed by atoms with van der Waals surface area (Å²) in [6.45, 7) is 1.22. The molecule has 14 heavy (non-hydrogen) atoms. The summed E-state index contributed by atoms with van der Waals surface area (Å²) in [6.07, 6.45) is 0.823. The zero-order valence-electron chi connectivity index (χ0n) is 7.29. The van der Waals surface area contributed by atoms with Gasteiger partial charge >= 0.3 is 0 Å². The number of hydrogen-bond donors (Lipinski definition) is 2. The van der Waals surface area contributed by atoms with Crippen molar-refractivity contribution in [3.05, 3.63) is 20.7 Å². The Kier molecular flexibility index (Phi) is 2.56. The lowest BCUT2D eigenvalue weighted by atomic mass is 10.1. The summed E-state index contributed by atoms with van der Waals surface area (Å²) < 4.78 is 5.24. The Labute approximate surface area is 88.3 Å². The van der Waals surface area contributed by atoms with Gasteiger partial charge in [0.1, 0.15) is 10.3 Å². The second-order valence-corrected chi connectivity index (χ2v) is 3.94. The quantitative estimate of drug-likeness (QED) is 0.781. The van der Waals surface area contributed by atoms with Crippen LogP contribution in [0.15, 0.2) is 9.27 Å². The molecule has 0 aromatic carbocycles. The molecule has 1 saturated heterocycles. The van der Waals surface area contributed by atoms with Crippen LogP contribution in [0.2, 0.25) is 0 Å². The summed E-state index contributed by atoms with van der Waals surface area (Å²) in [5, 5.41) is 9.32. The summed E-state index contributed by atoms with van der Waals surface area (Å²) in [5.41, 5.74) is -0.362. The molecule has 2 N–H and O–H groups in total. The molecule has 1 aromatic rings. The topological polar surface area (TPSA) is 75.2 Å². The zero-order valence-corrected chi connectivity index (χ0v) is 8.87. The van der Waals surface area contributed by atoms with Crippen molar-refractivity contribution in [2.45, 2.75) is 12.3 Å². The number of nitrogens with zero attached hydrogens (tertiary/aromatic N) is 1. The Balaban J connectivity index is 2.39. The van der Waals surface area contributed by atoms with E-state index in [9.17, 15) is 9.90 Å². The van der Waals surface area contributed by atoms with Crippen LogP contribution in [-0.2, 0) is 4.74 Å². The highest BCUT2D eigenvalue weighted by Gasteiger charge is 2.21. The molecule has 0 radical (unpaired) electrons. The Morgan fingerprint density at radius 2 is 2.43 bits per heavy atom. The van der Waals surface area contributed by atoms with Crippen molar-refractivity contribution < 1.29 is 9.84 Å². The summed E-state index contributed by atoms with van der Waals surface area (Å²) in [6, 6.07) is 0. The SMILES string of the molecule is O=c1[nH]c(C2CCOC2)nc(O)c1Br. The van der Waals surface area contributed by atoms with Gasteiger partial charge in [0.2, 0.25) is 5.88 Å². The predicted molar refractivity (Wildman–Crippen MR) is 52.4 cm³/mol. The fraction of sp³-hybridized carbons (Fsp3) is 0.500. The van der Waals surface area contributed by atoms with Crippen LogP contribution in [0.4, 0.5) is 0 Å². The lowest BCUT2D eigenvalue weighted by Crippen LogP contribution is -2.15. The van der Waals surface area contributed by atoms with E-state index in [2.05, 4.69) is 25.9 Å². The minimum atomic E-state index is -0.362. The molecule has 0 bridgehead atoms. The minimum absolute atomic E-state index is 0.0696. The van der Waals surface area contributed by atoms with Crippen LogP contribution in [0.25, 0.3) is 0 Å². The first-order valence-corrected chi connectivity index (χ1v) is 5.04. The van der Waals surface area contributed by atoms with Crippen LogP contribution in [-0.4, -0.2) is 28.3 Å². The number of rotatable bonds is 1. The van der Waals surface area contributed by atoms with Crippen LogP contribution in [0.5, 0.6) is 5.88 Å². The third kappa shape index (κ3) is 1.67. The van der Waals surface area contributed by atoms with E-state index in [0.29, 0.717) is 19.0 Å². The second kappa shape index (κ2) is 3.70. The van der Waals surface area contributed by atoms with Gasteiger partial charge < -0.3 is 14.8 Å². The lowest BCUT2D eigenvalue weighted by molar-refractivity contribution is 0.193. The van der Waals surface area contributed by atoms with Crippen molar-refractivity contribution in [2.24, 2.45) is 0 Å². The van der Waals surface area contributed by atoms with E-state index in [-0.39, 0.29) is 21.8 Å². The van der Waals surface area contributed by atoms with E-state index >= 15 is 0 Å². The summed E-state index contributed by atoms with van der Waals surface area (Å²) in [4.78, 5) is 17.8. The molecule has 1 fully saturated rings. The van der Waals surface area contributed by atoms with Gasteiger partial charge in [0.15, 0.2) is 0 Å². The number of H-pyrrole nitrogens is 1. The van der Waals surface area contributed by atoms with E-state index in [1.807, 2.05) is 0 Å². The standard InChI is InChI=1S/C8H9BrN2O3/c9-5-7(12)10-6(11-8(5)13)4-1-2-14-3-4/h4H,1-3H2,(H2,10,11,12,13). The van der Waals surface area contributed by atoms with Crippen LogP contribution >= 0.6 is 15.9 Å². The molecule has 2 rings (SSSR count). The number of nitrogens with one attached hydrogen (secondary N) is 1. The molecule has 6 heteroatoms. The largest absolute Gasteiger partial charge is 0.492 e. The second-order valence-electron chi connectivity index (χ2n) is 3.15. The maximum absolute atomic E-state index is 11.3. The van der Waals surface area contributed by atoms with Crippen molar-refractivity contribution in [2.75, 3.05) is 13.2 Å². The van der Waals surface area contributed by atoms with Crippen LogP contribution in [0.1, 0.15) is 18.2 Å². The van der Waals surface area contributed by atoms with Crippen molar-refractivity contribution in [3.8, 4) is 5.88 Å². The van der Waals surface area contributed by atoms with Crippen LogP contribution in [0, 0.1) is 0 Å². The fourth-order valence-corrected chi connectivity index (χ4v) is 1.60. The van der Waals surface area contributed by atoms with Crippen molar-refractivity contribution in [1.82, 2.24) is 9.97 Å². The van der Waals surface area contributed by atoms with Gasteiger partial charge in [-0.25, -0.2) is 0 Å². The highest BCUT2D eigenvalue weighted by atomic mass is 79.9. The number of halogens is 1. The third-order valence-corrected chi connectivity index (χ3v) is 2.89. The van der Waals surface area contributed by atoms with Gasteiger partial charge in [-0.3, -0.25) is 4.79 Å². The molecule has 1 aromatic heterocycles. The molecule has 0 spiro atoms. The molecular formula is C8H9BrN2O3. The number of hydrogen-bond acceptors (Lipinski definition) is 4. The molecule has 0 saturated carbocycles. The predicted octanol–water partition coefficient (Wildman–Crippen LogP) is 0.742. The first-order valence-electron chi connectivity index (χ1n) is 4.25. The maximum atomic E-state index is 11.3. The number of aromatic amines is 1. The van der Waals surface area contributed by atoms with Gasteiger partial charge in [-0.15, -0.1) is 0 Å².